The standard InChI is InChI=1S/C17H36N2/c1-5-19(6-2)14-8-10-16(4)18-17-11-7-9-15(3)12-13-17/h15-18H,5-14H2,1-4H3. The number of nitrogens with one attached hydrogen (secondary N) is 1. The van der Waals surface area contributed by atoms with Crippen LogP contribution in [0, 0.1) is 5.92 Å². The van der Waals surface area contributed by atoms with E-state index in [1.807, 2.05) is 0 Å². The minimum atomic E-state index is 0.689. The zero-order valence-electron chi connectivity index (χ0n) is 13.8. The Labute approximate surface area is 121 Å². The molecule has 0 aromatic carbocycles. The summed E-state index contributed by atoms with van der Waals surface area (Å²) in [5.41, 5.74) is 0. The maximum absolute atomic E-state index is 3.87. The van der Waals surface area contributed by atoms with Crippen LogP contribution in [-0.4, -0.2) is 36.6 Å². The van der Waals surface area contributed by atoms with E-state index in [4.69, 9.17) is 0 Å². The molecule has 2 nitrogen and oxygen atoms in total. The summed E-state index contributed by atoms with van der Waals surface area (Å²) >= 11 is 0. The lowest BCUT2D eigenvalue weighted by atomic mass is 10.0. The molecule has 1 fully saturated rings. The lowest BCUT2D eigenvalue weighted by Gasteiger charge is -2.23. The van der Waals surface area contributed by atoms with Crippen LogP contribution in [0.15, 0.2) is 0 Å². The van der Waals surface area contributed by atoms with Crippen molar-refractivity contribution in [2.75, 3.05) is 19.6 Å². The Hall–Kier alpha value is -0.0800. The molecule has 1 aliphatic carbocycles. The summed E-state index contributed by atoms with van der Waals surface area (Å²) in [6.07, 6.45) is 9.72. The first-order chi connectivity index (χ1) is 9.15. The highest BCUT2D eigenvalue weighted by Gasteiger charge is 2.17. The summed E-state index contributed by atoms with van der Waals surface area (Å²) in [7, 11) is 0. The van der Waals surface area contributed by atoms with Gasteiger partial charge < -0.3 is 10.2 Å². The highest BCUT2D eigenvalue weighted by molar-refractivity contribution is 4.76. The molecular weight excluding hydrogens is 232 g/mol. The van der Waals surface area contributed by atoms with Gasteiger partial charge in [0.15, 0.2) is 0 Å². The van der Waals surface area contributed by atoms with Crippen molar-refractivity contribution in [2.45, 2.75) is 84.7 Å². The van der Waals surface area contributed by atoms with Crippen molar-refractivity contribution in [3.8, 4) is 0 Å². The highest BCUT2D eigenvalue weighted by Crippen LogP contribution is 2.23. The van der Waals surface area contributed by atoms with E-state index in [1.165, 1.54) is 64.6 Å². The molecule has 2 heteroatoms. The van der Waals surface area contributed by atoms with Gasteiger partial charge in [-0.15, -0.1) is 0 Å². The third kappa shape index (κ3) is 7.31. The van der Waals surface area contributed by atoms with E-state index >= 15 is 0 Å². The number of nitrogens with zero attached hydrogens (tertiary/aromatic N) is 1. The quantitative estimate of drug-likeness (QED) is 0.668. The first-order valence-electron chi connectivity index (χ1n) is 8.64. The predicted molar refractivity (Wildman–Crippen MR) is 85.7 cm³/mol. The second-order valence-corrected chi connectivity index (χ2v) is 6.55. The third-order valence-electron chi connectivity index (χ3n) is 4.78. The molecule has 114 valence electrons. The van der Waals surface area contributed by atoms with E-state index in [9.17, 15) is 0 Å². The summed E-state index contributed by atoms with van der Waals surface area (Å²) in [5, 5.41) is 3.87. The largest absolute Gasteiger partial charge is 0.312 e. The molecule has 0 aromatic heterocycles. The first-order valence-corrected chi connectivity index (χ1v) is 8.64. The van der Waals surface area contributed by atoms with E-state index in [1.54, 1.807) is 0 Å². The fraction of sp³-hybridized carbons (Fsp3) is 1.00. The van der Waals surface area contributed by atoms with Gasteiger partial charge in [-0.1, -0.05) is 33.6 Å². The second-order valence-electron chi connectivity index (χ2n) is 6.55. The van der Waals surface area contributed by atoms with E-state index < -0.39 is 0 Å². The SMILES string of the molecule is CCN(CC)CCCC(C)NC1CCCC(C)CC1. The highest BCUT2D eigenvalue weighted by atomic mass is 15.1. The molecule has 0 radical (unpaired) electrons. The van der Waals surface area contributed by atoms with Crippen molar-refractivity contribution in [1.82, 2.24) is 10.2 Å². The van der Waals surface area contributed by atoms with Gasteiger partial charge in [-0.2, -0.15) is 0 Å². The summed E-state index contributed by atoms with van der Waals surface area (Å²) in [4.78, 5) is 2.53. The van der Waals surface area contributed by atoms with Crippen LogP contribution in [0.4, 0.5) is 0 Å². The maximum atomic E-state index is 3.87. The Balaban J connectivity index is 2.14. The van der Waals surface area contributed by atoms with Gasteiger partial charge in [-0.3, -0.25) is 0 Å². The van der Waals surface area contributed by atoms with Gasteiger partial charge in [0, 0.05) is 12.1 Å². The lowest BCUT2D eigenvalue weighted by Crippen LogP contribution is -2.36. The number of hydrogen-bond acceptors (Lipinski definition) is 2. The molecule has 1 N–H and O–H groups in total. The molecule has 1 saturated carbocycles. The monoisotopic (exact) mass is 268 g/mol. The van der Waals surface area contributed by atoms with Crippen molar-refractivity contribution in [2.24, 2.45) is 5.92 Å². The van der Waals surface area contributed by atoms with Gasteiger partial charge >= 0.3 is 0 Å². The van der Waals surface area contributed by atoms with Crippen LogP contribution in [0.5, 0.6) is 0 Å². The fourth-order valence-electron chi connectivity index (χ4n) is 3.30. The molecular formula is C17H36N2. The molecule has 1 rings (SSSR count). The van der Waals surface area contributed by atoms with E-state index in [2.05, 4.69) is 37.9 Å². The van der Waals surface area contributed by atoms with Crippen LogP contribution in [-0.2, 0) is 0 Å². The van der Waals surface area contributed by atoms with Crippen molar-refractivity contribution in [3.63, 3.8) is 0 Å². The third-order valence-corrected chi connectivity index (χ3v) is 4.78. The Morgan fingerprint density at radius 2 is 1.84 bits per heavy atom. The van der Waals surface area contributed by atoms with Gasteiger partial charge in [0.25, 0.3) is 0 Å². The summed E-state index contributed by atoms with van der Waals surface area (Å²) < 4.78 is 0. The van der Waals surface area contributed by atoms with Crippen LogP contribution >= 0.6 is 0 Å². The molecule has 19 heavy (non-hydrogen) atoms. The molecule has 1 aliphatic rings. The molecule has 0 heterocycles. The molecule has 0 aromatic rings. The number of hydrogen-bond donors (Lipinski definition) is 1. The van der Waals surface area contributed by atoms with E-state index in [0.29, 0.717) is 6.04 Å². The molecule has 0 bridgehead atoms. The smallest absolute Gasteiger partial charge is 0.00696 e. The molecule has 0 saturated heterocycles. The van der Waals surface area contributed by atoms with Crippen molar-refractivity contribution in [3.05, 3.63) is 0 Å². The lowest BCUT2D eigenvalue weighted by molar-refractivity contribution is 0.286. The molecule has 3 atom stereocenters. The Bertz CT molecular complexity index is 213. The van der Waals surface area contributed by atoms with Gasteiger partial charge in [-0.25, -0.2) is 0 Å². The summed E-state index contributed by atoms with van der Waals surface area (Å²) in [6, 6.07) is 1.47. The zero-order chi connectivity index (χ0) is 14.1. The van der Waals surface area contributed by atoms with Gasteiger partial charge in [0.1, 0.15) is 0 Å². The Kier molecular flexibility index (Phi) is 8.72. The minimum absolute atomic E-state index is 0.689. The molecule has 3 unspecified atom stereocenters. The van der Waals surface area contributed by atoms with Crippen LogP contribution in [0.1, 0.15) is 72.6 Å². The average Bonchev–Trinajstić information content (AvgIpc) is 2.60. The first kappa shape index (κ1) is 17.0. The minimum Gasteiger partial charge on any atom is -0.312 e. The molecule has 0 spiro atoms. The summed E-state index contributed by atoms with van der Waals surface area (Å²) in [6.45, 7) is 13.0. The maximum Gasteiger partial charge on any atom is 0.00696 e. The van der Waals surface area contributed by atoms with E-state index in [0.717, 1.165) is 12.0 Å². The van der Waals surface area contributed by atoms with Crippen molar-refractivity contribution < 1.29 is 0 Å². The molecule has 0 amide bonds. The normalized spacial score (nSPS) is 26.4. The zero-order valence-corrected chi connectivity index (χ0v) is 13.8. The molecule has 0 aliphatic heterocycles. The van der Waals surface area contributed by atoms with Crippen LogP contribution in [0.2, 0.25) is 0 Å². The van der Waals surface area contributed by atoms with Gasteiger partial charge in [0.2, 0.25) is 0 Å². The fourth-order valence-corrected chi connectivity index (χ4v) is 3.30. The van der Waals surface area contributed by atoms with Crippen molar-refractivity contribution >= 4 is 0 Å². The van der Waals surface area contributed by atoms with Crippen molar-refractivity contribution in [1.29, 1.82) is 0 Å². The Morgan fingerprint density at radius 3 is 2.53 bits per heavy atom. The van der Waals surface area contributed by atoms with Crippen LogP contribution in [0.25, 0.3) is 0 Å². The Morgan fingerprint density at radius 1 is 1.11 bits per heavy atom. The number of rotatable bonds is 8. The predicted octanol–water partition coefficient (Wildman–Crippen LogP) is 4.06. The summed E-state index contributed by atoms with van der Waals surface area (Å²) in [5.74, 6) is 0.949. The average molecular weight is 268 g/mol. The second kappa shape index (κ2) is 9.77. The van der Waals surface area contributed by atoms with E-state index in [-0.39, 0.29) is 0 Å². The van der Waals surface area contributed by atoms with Crippen LogP contribution < -0.4 is 5.32 Å². The van der Waals surface area contributed by atoms with Gasteiger partial charge in [-0.05, 0) is 64.6 Å². The van der Waals surface area contributed by atoms with Gasteiger partial charge in [0.05, 0.1) is 0 Å². The van der Waals surface area contributed by atoms with Crippen LogP contribution in [0.3, 0.4) is 0 Å². The topological polar surface area (TPSA) is 15.3 Å².